The lowest BCUT2D eigenvalue weighted by Crippen LogP contribution is -3.00. The molecule has 0 aliphatic carbocycles. The van der Waals surface area contributed by atoms with Crippen LogP contribution in [0.25, 0.3) is 0 Å². The van der Waals surface area contributed by atoms with E-state index in [1.165, 1.54) is 0 Å². The van der Waals surface area contributed by atoms with Crippen LogP contribution >= 0.6 is 0 Å². The maximum atomic E-state index is 10.4. The number of rotatable bonds is 1. The summed E-state index contributed by atoms with van der Waals surface area (Å²) in [6, 6.07) is 0. The first-order valence-corrected chi connectivity index (χ1v) is 1.21. The maximum absolute atomic E-state index is 10.4. The van der Waals surface area contributed by atoms with E-state index in [1.54, 1.807) is 0 Å². The van der Waals surface area contributed by atoms with E-state index in [-0.39, 0.29) is 6.13 Å². The van der Waals surface area contributed by atoms with Crippen LogP contribution in [-0.4, -0.2) is 12.9 Å². The van der Waals surface area contributed by atoms with E-state index in [4.69, 9.17) is 0 Å². The first kappa shape index (κ1) is 9.82. The molecule has 46 valence electrons. The summed E-state index contributed by atoms with van der Waals surface area (Å²) in [4.78, 5) is 0. The Morgan fingerprint density at radius 2 is 1.00 bits per heavy atom. The second kappa shape index (κ2) is 3.83. The molecule has 0 aromatic rings. The molecule has 0 saturated heterocycles. The van der Waals surface area contributed by atoms with E-state index in [2.05, 4.69) is 0 Å². The zero-order valence-electron chi connectivity index (χ0n) is 4.04. The molecule has 0 radical (unpaired) electrons. The van der Waals surface area contributed by atoms with Crippen LogP contribution in [0.2, 0.25) is 0 Å². The predicted molar refractivity (Wildman–Crippen MR) is 13.1 cm³/mol. The fourth-order valence-electron chi connectivity index (χ4n) is 0. The number of hydrogen-bond acceptors (Lipinski definition) is 0. The van der Waals surface area contributed by atoms with Crippen LogP contribution in [0.15, 0.2) is 0 Å². The summed E-state index contributed by atoms with van der Waals surface area (Å²) >= 11 is 0. The van der Waals surface area contributed by atoms with E-state index in [1.807, 2.05) is 0 Å². The Morgan fingerprint density at radius 1 is 0.857 bits per heavy atom. The normalized spacial score (nSPS) is 9.43. The van der Waals surface area contributed by atoms with Crippen molar-refractivity contribution in [1.29, 1.82) is 0 Å². The molecule has 7 heavy (non-hydrogen) atoms. The van der Waals surface area contributed by atoms with Crippen molar-refractivity contribution in [3.8, 4) is 0 Å². The monoisotopic (exact) mass is 122 g/mol. The summed E-state index contributed by atoms with van der Waals surface area (Å²) in [5.41, 5.74) is 0. The quantitative estimate of drug-likeness (QED) is 0.376. The molecular formula is C2H3F5. The Labute approximate surface area is 38.0 Å². The van der Waals surface area contributed by atoms with Crippen molar-refractivity contribution in [2.45, 2.75) is 12.9 Å². The van der Waals surface area contributed by atoms with Gasteiger partial charge >= 0.3 is 1.43 Å². The summed E-state index contributed by atoms with van der Waals surface area (Å²) < 4.78 is 41.6. The Hall–Kier alpha value is -0.350. The summed E-state index contributed by atoms with van der Waals surface area (Å²) in [6.45, 7) is 0. The van der Waals surface area contributed by atoms with E-state index >= 15 is 0 Å². The summed E-state index contributed by atoms with van der Waals surface area (Å²) in [6.07, 6.45) is -6.96. The second-order valence-electron chi connectivity index (χ2n) is 0.669. The van der Waals surface area contributed by atoms with Gasteiger partial charge in [-0.25, -0.2) is 17.6 Å². The molecule has 0 aromatic heterocycles. The third-order valence-corrected chi connectivity index (χ3v) is 0.190. The maximum Gasteiger partial charge on any atom is 1.00 e. The van der Waals surface area contributed by atoms with Gasteiger partial charge in [0.1, 0.15) is 0 Å². The first-order valence-electron chi connectivity index (χ1n) is 1.21. The van der Waals surface area contributed by atoms with Crippen molar-refractivity contribution in [2.75, 3.05) is 0 Å². The van der Waals surface area contributed by atoms with Gasteiger partial charge < -0.3 is 4.70 Å². The van der Waals surface area contributed by atoms with Crippen molar-refractivity contribution in [3.63, 3.8) is 0 Å². The molecule has 0 aromatic carbocycles. The smallest absolute Gasteiger partial charge is 1.00 e. The summed E-state index contributed by atoms with van der Waals surface area (Å²) in [5, 5.41) is 0. The predicted octanol–water partition coefficient (Wildman–Crippen LogP) is -1.37. The van der Waals surface area contributed by atoms with Crippen LogP contribution in [0.1, 0.15) is 1.43 Å². The molecule has 0 rings (SSSR count). The van der Waals surface area contributed by atoms with Gasteiger partial charge in [-0.1, -0.05) is 0 Å². The molecule has 0 heterocycles. The van der Waals surface area contributed by atoms with E-state index in [0.29, 0.717) is 0 Å². The third kappa shape index (κ3) is 5.65. The van der Waals surface area contributed by atoms with Crippen molar-refractivity contribution in [3.05, 3.63) is 0 Å². The molecule has 0 nitrogen and oxygen atoms in total. The molecule has 0 atom stereocenters. The Morgan fingerprint density at radius 3 is 1.00 bits per heavy atom. The highest BCUT2D eigenvalue weighted by Gasteiger charge is 2.15. The number of alkyl halides is 4. The van der Waals surface area contributed by atoms with Crippen molar-refractivity contribution in [2.24, 2.45) is 0 Å². The topological polar surface area (TPSA) is 0 Å². The molecule has 0 fully saturated rings. The standard InChI is InChI=1S/C2H2F4.FH/c3-1(4)2(5)6;/h1-2H;1H. The highest BCUT2D eigenvalue weighted by atomic mass is 19.3. The Balaban J connectivity index is -0.000000125. The Bertz CT molecular complexity index is 31.4. The SMILES string of the molecule is FC(F)C(F)F.[F-].[H+]. The van der Waals surface area contributed by atoms with Crippen LogP contribution in [0, 0.1) is 0 Å². The molecule has 0 saturated carbocycles. The zero-order valence-corrected chi connectivity index (χ0v) is 3.04. The molecule has 0 bridgehead atoms. The Kier molecular flexibility index (Phi) is 5.37. The lowest BCUT2D eigenvalue weighted by Gasteiger charge is -1.89. The fraction of sp³-hybridized carbons (Fsp3) is 1.00. The van der Waals surface area contributed by atoms with Gasteiger partial charge in [-0.15, -0.1) is 0 Å². The minimum atomic E-state index is -3.48. The minimum absolute atomic E-state index is 0. The number of halogens is 5. The summed E-state index contributed by atoms with van der Waals surface area (Å²) in [7, 11) is 0. The highest BCUT2D eigenvalue weighted by Crippen LogP contribution is 2.04. The van der Waals surface area contributed by atoms with Gasteiger partial charge in [-0.2, -0.15) is 0 Å². The molecule has 0 spiro atoms. The molecule has 0 amide bonds. The largest absolute Gasteiger partial charge is 1.00 e. The van der Waals surface area contributed by atoms with Crippen LogP contribution in [0.5, 0.6) is 0 Å². The highest BCUT2D eigenvalue weighted by molar-refractivity contribution is 4.35. The van der Waals surface area contributed by atoms with E-state index < -0.39 is 12.9 Å². The average molecular weight is 122 g/mol. The van der Waals surface area contributed by atoms with Gasteiger partial charge in [0.25, 0.3) is 12.9 Å². The minimum Gasteiger partial charge on any atom is -1.00 e. The lowest BCUT2D eigenvalue weighted by molar-refractivity contribution is -0.0278. The van der Waals surface area contributed by atoms with Crippen LogP contribution < -0.4 is 4.70 Å². The molecule has 0 unspecified atom stereocenters. The van der Waals surface area contributed by atoms with Crippen LogP contribution in [0.3, 0.4) is 0 Å². The molecule has 0 aliphatic heterocycles. The van der Waals surface area contributed by atoms with E-state index in [9.17, 15) is 17.6 Å². The van der Waals surface area contributed by atoms with Crippen molar-refractivity contribution in [1.82, 2.24) is 0 Å². The first-order chi connectivity index (χ1) is 2.64. The fourth-order valence-corrected chi connectivity index (χ4v) is 0. The van der Waals surface area contributed by atoms with Gasteiger partial charge in [-0.05, 0) is 0 Å². The number of hydrogen-bond donors (Lipinski definition) is 0. The van der Waals surface area contributed by atoms with Crippen LogP contribution in [-0.2, 0) is 0 Å². The zero-order chi connectivity index (χ0) is 5.15. The molecular weight excluding hydrogens is 119 g/mol. The van der Waals surface area contributed by atoms with Gasteiger partial charge in [-0.3, -0.25) is 0 Å². The molecule has 5 heteroatoms. The van der Waals surface area contributed by atoms with Crippen molar-refractivity contribution < 1.29 is 23.7 Å². The van der Waals surface area contributed by atoms with Crippen molar-refractivity contribution >= 4 is 0 Å². The third-order valence-electron chi connectivity index (χ3n) is 0.190. The second-order valence-corrected chi connectivity index (χ2v) is 0.669. The van der Waals surface area contributed by atoms with Gasteiger partial charge in [0.05, 0.1) is 0 Å². The van der Waals surface area contributed by atoms with E-state index in [0.717, 1.165) is 0 Å². The summed E-state index contributed by atoms with van der Waals surface area (Å²) in [5.74, 6) is 0. The van der Waals surface area contributed by atoms with Gasteiger partial charge in [0, 0.05) is 0 Å². The molecule has 0 N–H and O–H groups in total. The van der Waals surface area contributed by atoms with Gasteiger partial charge in [0.2, 0.25) is 0 Å². The lowest BCUT2D eigenvalue weighted by atomic mass is 10.8. The van der Waals surface area contributed by atoms with Gasteiger partial charge in [0.15, 0.2) is 0 Å². The average Bonchev–Trinajstić information content (AvgIpc) is 1.36. The van der Waals surface area contributed by atoms with Crippen LogP contribution in [0.4, 0.5) is 17.6 Å². The molecule has 0 aliphatic rings.